The molecule has 1 saturated carbocycles. The van der Waals surface area contributed by atoms with Crippen molar-refractivity contribution in [2.75, 3.05) is 23.8 Å². The Kier molecular flexibility index (Phi) is 3.58. The molecule has 2 unspecified atom stereocenters. The Hall–Kier alpha value is -1.32. The standard InChI is InChI=1S/C15H24N4/c1-11-14(16-2)17-10-18-15(11)19-9-5-7-12-6-3-4-8-13(12)19/h10,12-13H,3-9H2,1-2H3,(H,16,17,18). The van der Waals surface area contributed by atoms with Crippen LogP contribution in [0, 0.1) is 12.8 Å². The highest BCUT2D eigenvalue weighted by atomic mass is 15.2. The van der Waals surface area contributed by atoms with E-state index in [-0.39, 0.29) is 0 Å². The minimum absolute atomic E-state index is 0.709. The van der Waals surface area contributed by atoms with E-state index in [9.17, 15) is 0 Å². The van der Waals surface area contributed by atoms with Gasteiger partial charge in [-0.2, -0.15) is 0 Å². The van der Waals surface area contributed by atoms with Crippen LogP contribution in [0.4, 0.5) is 11.6 Å². The molecule has 1 aromatic heterocycles. The van der Waals surface area contributed by atoms with Crippen LogP contribution in [-0.2, 0) is 0 Å². The summed E-state index contributed by atoms with van der Waals surface area (Å²) in [4.78, 5) is 11.4. The zero-order valence-corrected chi connectivity index (χ0v) is 12.0. The molecular formula is C15H24N4. The van der Waals surface area contributed by atoms with Crippen LogP contribution in [0.25, 0.3) is 0 Å². The maximum atomic E-state index is 4.58. The molecule has 2 heterocycles. The normalized spacial score (nSPS) is 26.9. The van der Waals surface area contributed by atoms with E-state index in [4.69, 9.17) is 0 Å². The molecule has 2 atom stereocenters. The molecular weight excluding hydrogens is 236 g/mol. The van der Waals surface area contributed by atoms with Crippen molar-refractivity contribution < 1.29 is 0 Å². The Bertz CT molecular complexity index is 444. The van der Waals surface area contributed by atoms with Gasteiger partial charge in [0.05, 0.1) is 0 Å². The third-order valence-electron chi connectivity index (χ3n) is 4.81. The van der Waals surface area contributed by atoms with Crippen molar-refractivity contribution in [2.24, 2.45) is 5.92 Å². The molecule has 0 bridgehead atoms. The van der Waals surface area contributed by atoms with Crippen molar-refractivity contribution in [3.05, 3.63) is 11.9 Å². The van der Waals surface area contributed by atoms with E-state index in [1.165, 1.54) is 44.1 Å². The average Bonchev–Trinajstić information content (AvgIpc) is 2.47. The number of rotatable bonds is 2. The summed E-state index contributed by atoms with van der Waals surface area (Å²) < 4.78 is 0. The van der Waals surface area contributed by atoms with E-state index in [1.807, 2.05) is 7.05 Å². The predicted octanol–water partition coefficient (Wildman–Crippen LogP) is 2.99. The van der Waals surface area contributed by atoms with Crippen LogP contribution in [0.3, 0.4) is 0 Å². The first kappa shape index (κ1) is 12.7. The molecule has 0 spiro atoms. The lowest BCUT2D eigenvalue weighted by Gasteiger charge is -2.45. The second kappa shape index (κ2) is 5.35. The van der Waals surface area contributed by atoms with Gasteiger partial charge in [-0.15, -0.1) is 0 Å². The molecule has 2 fully saturated rings. The minimum Gasteiger partial charge on any atom is -0.373 e. The van der Waals surface area contributed by atoms with Crippen molar-refractivity contribution in [2.45, 2.75) is 51.5 Å². The maximum Gasteiger partial charge on any atom is 0.137 e. The third kappa shape index (κ3) is 2.28. The number of piperidine rings is 1. The smallest absolute Gasteiger partial charge is 0.137 e. The van der Waals surface area contributed by atoms with Crippen molar-refractivity contribution in [1.82, 2.24) is 9.97 Å². The maximum absolute atomic E-state index is 4.58. The quantitative estimate of drug-likeness (QED) is 0.887. The summed E-state index contributed by atoms with van der Waals surface area (Å²) in [5.41, 5.74) is 1.19. The summed E-state index contributed by atoms with van der Waals surface area (Å²) in [6.07, 6.45) is 9.94. The van der Waals surface area contributed by atoms with Crippen LogP contribution in [-0.4, -0.2) is 29.6 Å². The molecule has 0 aromatic carbocycles. The molecule has 0 amide bonds. The van der Waals surface area contributed by atoms with Crippen LogP contribution in [0.15, 0.2) is 6.33 Å². The van der Waals surface area contributed by atoms with Crippen molar-refractivity contribution >= 4 is 11.6 Å². The molecule has 1 N–H and O–H groups in total. The molecule has 1 aromatic rings. The zero-order chi connectivity index (χ0) is 13.2. The van der Waals surface area contributed by atoms with Crippen LogP contribution in [0.5, 0.6) is 0 Å². The molecule has 3 rings (SSSR count). The lowest BCUT2D eigenvalue weighted by molar-refractivity contribution is 0.242. The SMILES string of the molecule is CNc1ncnc(N2CCCC3CCCCC32)c1C. The minimum atomic E-state index is 0.709. The second-order valence-electron chi connectivity index (χ2n) is 5.87. The number of nitrogens with one attached hydrogen (secondary N) is 1. The molecule has 2 aliphatic rings. The molecule has 1 saturated heterocycles. The topological polar surface area (TPSA) is 41.1 Å². The van der Waals surface area contributed by atoms with Gasteiger partial charge in [0.15, 0.2) is 0 Å². The van der Waals surface area contributed by atoms with Crippen LogP contribution >= 0.6 is 0 Å². The Morgan fingerprint density at radius 2 is 1.95 bits per heavy atom. The van der Waals surface area contributed by atoms with Gasteiger partial charge in [0.2, 0.25) is 0 Å². The largest absolute Gasteiger partial charge is 0.373 e. The van der Waals surface area contributed by atoms with E-state index in [1.54, 1.807) is 6.33 Å². The van der Waals surface area contributed by atoms with Gasteiger partial charge in [-0.25, -0.2) is 9.97 Å². The van der Waals surface area contributed by atoms with Crippen molar-refractivity contribution in [3.63, 3.8) is 0 Å². The number of nitrogens with zero attached hydrogens (tertiary/aromatic N) is 3. The number of aromatic nitrogens is 2. The highest BCUT2D eigenvalue weighted by Gasteiger charge is 2.34. The van der Waals surface area contributed by atoms with E-state index in [2.05, 4.69) is 27.1 Å². The van der Waals surface area contributed by atoms with Gasteiger partial charge in [-0.3, -0.25) is 0 Å². The van der Waals surface area contributed by atoms with E-state index < -0.39 is 0 Å². The molecule has 1 aliphatic carbocycles. The molecule has 104 valence electrons. The van der Waals surface area contributed by atoms with Gasteiger partial charge in [-0.1, -0.05) is 12.8 Å². The molecule has 4 nitrogen and oxygen atoms in total. The Balaban J connectivity index is 1.91. The summed E-state index contributed by atoms with van der Waals surface area (Å²) in [5.74, 6) is 2.99. The fourth-order valence-electron chi connectivity index (χ4n) is 3.87. The number of fused-ring (bicyclic) bond motifs is 1. The summed E-state index contributed by atoms with van der Waals surface area (Å²) in [6, 6.07) is 0.709. The number of hydrogen-bond donors (Lipinski definition) is 1. The van der Waals surface area contributed by atoms with Crippen LogP contribution < -0.4 is 10.2 Å². The Morgan fingerprint density at radius 1 is 1.16 bits per heavy atom. The molecule has 19 heavy (non-hydrogen) atoms. The van der Waals surface area contributed by atoms with Crippen LogP contribution in [0.1, 0.15) is 44.1 Å². The van der Waals surface area contributed by atoms with Crippen molar-refractivity contribution in [3.8, 4) is 0 Å². The first-order valence-electron chi connectivity index (χ1n) is 7.57. The van der Waals surface area contributed by atoms with Crippen molar-refractivity contribution in [1.29, 1.82) is 0 Å². The van der Waals surface area contributed by atoms with Gasteiger partial charge in [0.1, 0.15) is 18.0 Å². The van der Waals surface area contributed by atoms with Gasteiger partial charge in [0, 0.05) is 25.2 Å². The summed E-state index contributed by atoms with van der Waals surface area (Å²) in [6.45, 7) is 3.29. The van der Waals surface area contributed by atoms with Gasteiger partial charge >= 0.3 is 0 Å². The summed E-state index contributed by atoms with van der Waals surface area (Å²) in [7, 11) is 1.93. The fraction of sp³-hybridized carbons (Fsp3) is 0.733. The zero-order valence-electron chi connectivity index (χ0n) is 12.0. The van der Waals surface area contributed by atoms with Gasteiger partial charge in [-0.05, 0) is 38.5 Å². The third-order valence-corrected chi connectivity index (χ3v) is 4.81. The first-order valence-corrected chi connectivity index (χ1v) is 7.57. The predicted molar refractivity (Wildman–Crippen MR) is 78.6 cm³/mol. The summed E-state index contributed by atoms with van der Waals surface area (Å²) >= 11 is 0. The second-order valence-corrected chi connectivity index (χ2v) is 5.87. The fourth-order valence-corrected chi connectivity index (χ4v) is 3.87. The average molecular weight is 260 g/mol. The van der Waals surface area contributed by atoms with Gasteiger partial charge < -0.3 is 10.2 Å². The van der Waals surface area contributed by atoms with E-state index in [0.717, 1.165) is 24.1 Å². The highest BCUT2D eigenvalue weighted by Crippen LogP contribution is 2.38. The molecule has 1 aliphatic heterocycles. The molecule has 0 radical (unpaired) electrons. The lowest BCUT2D eigenvalue weighted by atomic mass is 9.78. The monoisotopic (exact) mass is 260 g/mol. The Morgan fingerprint density at radius 3 is 2.79 bits per heavy atom. The van der Waals surface area contributed by atoms with E-state index in [0.29, 0.717) is 6.04 Å². The molecule has 4 heteroatoms. The first-order chi connectivity index (χ1) is 9.31. The van der Waals surface area contributed by atoms with Crippen LogP contribution in [0.2, 0.25) is 0 Å². The Labute approximate surface area is 115 Å². The van der Waals surface area contributed by atoms with Gasteiger partial charge in [0.25, 0.3) is 0 Å². The lowest BCUT2D eigenvalue weighted by Crippen LogP contribution is -2.47. The number of hydrogen-bond acceptors (Lipinski definition) is 4. The van der Waals surface area contributed by atoms with E-state index >= 15 is 0 Å². The number of anilines is 2. The highest BCUT2D eigenvalue weighted by molar-refractivity contribution is 5.58. The summed E-state index contributed by atoms with van der Waals surface area (Å²) in [5, 5.41) is 3.17.